The Morgan fingerprint density at radius 2 is 2.00 bits per heavy atom. The molecule has 2 rings (SSSR count). The standard InChI is InChI=1S/C13H17NO5S/c1-8-3-4-9(2)12(5-8)20(18,19)14-7-10(15)6-11(14)13(16)17/h3-5,10-11,15H,6-7H2,1-2H3,(H,16,17)/t10-,11-/m1/s1. The van der Waals surface area contributed by atoms with Crippen LogP contribution in [0.15, 0.2) is 23.1 Å². The summed E-state index contributed by atoms with van der Waals surface area (Å²) in [4.78, 5) is 11.3. The molecule has 0 saturated carbocycles. The second-order valence-corrected chi connectivity index (χ2v) is 6.95. The average molecular weight is 299 g/mol. The van der Waals surface area contributed by atoms with E-state index in [0.29, 0.717) is 5.56 Å². The number of aliphatic hydroxyl groups is 1. The van der Waals surface area contributed by atoms with Crippen LogP contribution >= 0.6 is 0 Å². The van der Waals surface area contributed by atoms with Gasteiger partial charge in [-0.15, -0.1) is 0 Å². The average Bonchev–Trinajstić information content (AvgIpc) is 2.75. The van der Waals surface area contributed by atoms with Crippen LogP contribution < -0.4 is 0 Å². The highest BCUT2D eigenvalue weighted by molar-refractivity contribution is 7.89. The predicted molar refractivity (Wildman–Crippen MR) is 71.9 cm³/mol. The second-order valence-electron chi connectivity index (χ2n) is 5.09. The van der Waals surface area contributed by atoms with E-state index in [0.717, 1.165) is 9.87 Å². The molecule has 0 radical (unpaired) electrons. The highest BCUT2D eigenvalue weighted by Gasteiger charge is 2.43. The zero-order valence-corrected chi connectivity index (χ0v) is 12.1. The summed E-state index contributed by atoms with van der Waals surface area (Å²) < 4.78 is 26.1. The normalized spacial score (nSPS) is 23.9. The number of rotatable bonds is 3. The molecule has 2 N–H and O–H groups in total. The van der Waals surface area contributed by atoms with Gasteiger partial charge in [-0.05, 0) is 31.0 Å². The van der Waals surface area contributed by atoms with Gasteiger partial charge in [0.15, 0.2) is 0 Å². The number of aryl methyl sites for hydroxylation is 2. The molecular weight excluding hydrogens is 282 g/mol. The summed E-state index contributed by atoms with van der Waals surface area (Å²) in [7, 11) is -3.93. The fourth-order valence-corrected chi connectivity index (χ4v) is 4.33. The number of aliphatic hydroxyl groups excluding tert-OH is 1. The minimum absolute atomic E-state index is 0.0839. The third kappa shape index (κ3) is 2.56. The quantitative estimate of drug-likeness (QED) is 0.848. The van der Waals surface area contributed by atoms with E-state index in [4.69, 9.17) is 5.11 Å². The van der Waals surface area contributed by atoms with Crippen molar-refractivity contribution in [3.8, 4) is 0 Å². The van der Waals surface area contributed by atoms with Gasteiger partial charge in [0.25, 0.3) is 0 Å². The highest BCUT2D eigenvalue weighted by Crippen LogP contribution is 2.28. The van der Waals surface area contributed by atoms with E-state index in [1.165, 1.54) is 6.07 Å². The molecule has 1 aliphatic heterocycles. The largest absolute Gasteiger partial charge is 0.480 e. The van der Waals surface area contributed by atoms with Crippen molar-refractivity contribution in [2.75, 3.05) is 6.54 Å². The van der Waals surface area contributed by atoms with Crippen molar-refractivity contribution in [1.82, 2.24) is 4.31 Å². The summed E-state index contributed by atoms with van der Waals surface area (Å²) in [5.74, 6) is -1.24. The Kier molecular flexibility index (Phi) is 3.86. The van der Waals surface area contributed by atoms with Gasteiger partial charge >= 0.3 is 5.97 Å². The van der Waals surface area contributed by atoms with Gasteiger partial charge in [0.05, 0.1) is 11.0 Å². The first-order chi connectivity index (χ1) is 9.23. The molecule has 2 atom stereocenters. The van der Waals surface area contributed by atoms with Crippen LogP contribution in [0.1, 0.15) is 17.5 Å². The second kappa shape index (κ2) is 5.16. The van der Waals surface area contributed by atoms with Crippen LogP contribution in [-0.2, 0) is 14.8 Å². The van der Waals surface area contributed by atoms with Gasteiger partial charge in [0.1, 0.15) is 6.04 Å². The minimum Gasteiger partial charge on any atom is -0.480 e. The van der Waals surface area contributed by atoms with Crippen molar-refractivity contribution >= 4 is 16.0 Å². The van der Waals surface area contributed by atoms with E-state index in [1.807, 2.05) is 0 Å². The lowest BCUT2D eigenvalue weighted by Gasteiger charge is -2.22. The van der Waals surface area contributed by atoms with Gasteiger partial charge in [0.2, 0.25) is 10.0 Å². The summed E-state index contributed by atoms with van der Waals surface area (Å²) in [5.41, 5.74) is 1.34. The van der Waals surface area contributed by atoms with Gasteiger partial charge in [-0.3, -0.25) is 4.79 Å². The summed E-state index contributed by atoms with van der Waals surface area (Å²) >= 11 is 0. The monoisotopic (exact) mass is 299 g/mol. The van der Waals surface area contributed by atoms with Gasteiger partial charge in [-0.1, -0.05) is 12.1 Å². The molecule has 0 bridgehead atoms. The molecular formula is C13H17NO5S. The van der Waals surface area contributed by atoms with Crippen molar-refractivity contribution in [3.05, 3.63) is 29.3 Å². The van der Waals surface area contributed by atoms with E-state index in [-0.39, 0.29) is 17.9 Å². The fraction of sp³-hybridized carbons (Fsp3) is 0.462. The van der Waals surface area contributed by atoms with Crippen LogP contribution in [-0.4, -0.2) is 47.6 Å². The lowest BCUT2D eigenvalue weighted by atomic mass is 10.2. The first kappa shape index (κ1) is 15.0. The first-order valence-electron chi connectivity index (χ1n) is 6.23. The molecule has 1 aromatic rings. The molecule has 6 nitrogen and oxygen atoms in total. The summed E-state index contributed by atoms with van der Waals surface area (Å²) in [6.45, 7) is 3.24. The molecule has 0 aromatic heterocycles. The van der Waals surface area contributed by atoms with Crippen molar-refractivity contribution in [2.45, 2.75) is 37.3 Å². The Morgan fingerprint density at radius 3 is 2.60 bits per heavy atom. The Bertz CT molecular complexity index is 640. The minimum atomic E-state index is -3.93. The van der Waals surface area contributed by atoms with Gasteiger partial charge in [0, 0.05) is 13.0 Å². The maximum absolute atomic E-state index is 12.6. The Balaban J connectivity index is 2.49. The topological polar surface area (TPSA) is 94.9 Å². The number of carboxylic acids is 1. The molecule has 0 spiro atoms. The maximum Gasteiger partial charge on any atom is 0.322 e. The first-order valence-corrected chi connectivity index (χ1v) is 7.67. The van der Waals surface area contributed by atoms with Crippen LogP contribution in [0.5, 0.6) is 0 Å². The zero-order valence-electron chi connectivity index (χ0n) is 11.3. The van der Waals surface area contributed by atoms with E-state index in [1.54, 1.807) is 26.0 Å². The molecule has 1 aliphatic rings. The molecule has 0 unspecified atom stereocenters. The van der Waals surface area contributed by atoms with Crippen molar-refractivity contribution in [2.24, 2.45) is 0 Å². The van der Waals surface area contributed by atoms with Crippen molar-refractivity contribution < 1.29 is 23.4 Å². The molecule has 1 heterocycles. The fourth-order valence-electron chi connectivity index (χ4n) is 2.39. The number of hydrogen-bond acceptors (Lipinski definition) is 4. The van der Waals surface area contributed by atoms with E-state index < -0.39 is 28.1 Å². The van der Waals surface area contributed by atoms with Crippen LogP contribution in [0, 0.1) is 13.8 Å². The van der Waals surface area contributed by atoms with Crippen LogP contribution in [0.4, 0.5) is 0 Å². The Labute approximate surface area is 117 Å². The molecule has 0 amide bonds. The van der Waals surface area contributed by atoms with Crippen molar-refractivity contribution in [3.63, 3.8) is 0 Å². The van der Waals surface area contributed by atoms with Crippen LogP contribution in [0.3, 0.4) is 0 Å². The number of carboxylic acid groups (broad SMARTS) is 1. The van der Waals surface area contributed by atoms with Gasteiger partial charge in [-0.25, -0.2) is 8.42 Å². The zero-order chi connectivity index (χ0) is 15.1. The van der Waals surface area contributed by atoms with E-state index >= 15 is 0 Å². The molecule has 0 aliphatic carbocycles. The third-order valence-electron chi connectivity index (χ3n) is 3.45. The molecule has 1 aromatic carbocycles. The van der Waals surface area contributed by atoms with E-state index in [2.05, 4.69) is 0 Å². The Hall–Kier alpha value is -1.44. The smallest absolute Gasteiger partial charge is 0.322 e. The molecule has 1 saturated heterocycles. The SMILES string of the molecule is Cc1ccc(C)c(S(=O)(=O)N2C[C@H](O)C[C@@H]2C(=O)O)c1. The lowest BCUT2D eigenvalue weighted by molar-refractivity contribution is -0.140. The van der Waals surface area contributed by atoms with Gasteiger partial charge < -0.3 is 10.2 Å². The number of β-amino-alcohol motifs (C(OH)–C–C–N with tert-alkyl or cyclic N) is 1. The highest BCUT2D eigenvalue weighted by atomic mass is 32.2. The summed E-state index contributed by atoms with van der Waals surface area (Å²) in [5, 5.41) is 18.7. The molecule has 110 valence electrons. The summed E-state index contributed by atoms with van der Waals surface area (Å²) in [6, 6.07) is 3.79. The van der Waals surface area contributed by atoms with Crippen LogP contribution in [0.25, 0.3) is 0 Å². The van der Waals surface area contributed by atoms with Crippen LogP contribution in [0.2, 0.25) is 0 Å². The molecule has 20 heavy (non-hydrogen) atoms. The predicted octanol–water partition coefficient (Wildman–Crippen LogP) is 0.512. The number of sulfonamides is 1. The van der Waals surface area contributed by atoms with E-state index in [9.17, 15) is 18.3 Å². The molecule has 7 heteroatoms. The third-order valence-corrected chi connectivity index (χ3v) is 5.47. The lowest BCUT2D eigenvalue weighted by Crippen LogP contribution is -2.40. The van der Waals surface area contributed by atoms with Crippen molar-refractivity contribution in [1.29, 1.82) is 0 Å². The maximum atomic E-state index is 12.6. The van der Waals surface area contributed by atoms with Gasteiger partial charge in [-0.2, -0.15) is 4.31 Å². The number of aliphatic carboxylic acids is 1. The summed E-state index contributed by atoms with van der Waals surface area (Å²) in [6.07, 6.45) is -1.03. The number of carbonyl (C=O) groups is 1. The number of hydrogen-bond donors (Lipinski definition) is 2. The number of benzene rings is 1. The Morgan fingerprint density at radius 1 is 1.35 bits per heavy atom. The number of nitrogens with zero attached hydrogens (tertiary/aromatic N) is 1. The molecule has 1 fully saturated rings.